The van der Waals surface area contributed by atoms with Crippen LogP contribution in [0, 0.1) is 0 Å². The highest BCUT2D eigenvalue weighted by molar-refractivity contribution is 7.38. The summed E-state index contributed by atoms with van der Waals surface area (Å²) in [6.45, 7) is 4.62. The zero-order valence-corrected chi connectivity index (χ0v) is 29.0. The zero-order chi connectivity index (χ0) is 27.5. The molecule has 0 N–H and O–H groups in total. The van der Waals surface area contributed by atoms with Crippen molar-refractivity contribution in [3.63, 3.8) is 0 Å². The van der Waals surface area contributed by atoms with E-state index in [2.05, 4.69) is 13.8 Å². The van der Waals surface area contributed by atoms with Crippen molar-refractivity contribution in [2.75, 3.05) is 24.6 Å². The molecule has 0 amide bonds. The molecule has 2 unspecified atom stereocenters. The third-order valence-corrected chi connectivity index (χ3v) is 11.2. The van der Waals surface area contributed by atoms with Gasteiger partial charge in [-0.05, 0) is 50.3 Å². The minimum Gasteiger partial charge on any atom is -0.122 e. The molecule has 0 nitrogen and oxygen atoms in total. The molecule has 0 aliphatic heterocycles. The average molecular weight is 571 g/mol. The minimum absolute atomic E-state index is 1.26. The van der Waals surface area contributed by atoms with Gasteiger partial charge in [0.05, 0.1) is 0 Å². The van der Waals surface area contributed by atoms with Gasteiger partial charge in [0.15, 0.2) is 0 Å². The molecule has 0 saturated heterocycles. The Hall–Kier alpha value is 0.860. The highest BCUT2D eigenvalue weighted by Gasteiger charge is 1.97. The Labute approximate surface area is 247 Å². The highest BCUT2D eigenvalue weighted by atomic mass is 31.1. The normalized spacial score (nSPS) is 12.2. The van der Waals surface area contributed by atoms with E-state index < -0.39 is 0 Å². The summed E-state index contributed by atoms with van der Waals surface area (Å²) in [6.07, 6.45) is 50.6. The fraction of sp³-hybridized carbons (Fsp3) is 1.00. The molecular weight excluding hydrogens is 494 g/mol. The fourth-order valence-electron chi connectivity index (χ4n) is 5.64. The molecular formula is C36H76P2. The van der Waals surface area contributed by atoms with Crippen molar-refractivity contribution in [1.82, 2.24) is 0 Å². The Balaban J connectivity index is 3.01. The molecule has 230 valence electrons. The van der Waals surface area contributed by atoms with Crippen LogP contribution in [0.2, 0.25) is 0 Å². The van der Waals surface area contributed by atoms with Crippen LogP contribution in [-0.4, -0.2) is 24.6 Å². The molecule has 0 aromatic rings. The first-order valence-electron chi connectivity index (χ1n) is 18.3. The second-order valence-corrected chi connectivity index (χ2v) is 15.4. The minimum atomic E-state index is 1.26. The molecule has 0 fully saturated rings. The Bertz CT molecular complexity index is 348. The van der Waals surface area contributed by atoms with E-state index in [1.165, 1.54) is 234 Å². The molecule has 0 radical (unpaired) electrons. The van der Waals surface area contributed by atoms with Gasteiger partial charge in [-0.2, -0.15) is 0 Å². The summed E-state index contributed by atoms with van der Waals surface area (Å²) in [5, 5.41) is 0. The Morgan fingerprint density at radius 2 is 0.368 bits per heavy atom. The molecule has 38 heavy (non-hydrogen) atoms. The van der Waals surface area contributed by atoms with Crippen LogP contribution in [0.1, 0.15) is 206 Å². The van der Waals surface area contributed by atoms with E-state index in [-0.39, 0.29) is 0 Å². The van der Waals surface area contributed by atoms with Gasteiger partial charge < -0.3 is 0 Å². The maximum absolute atomic E-state index is 2.31. The molecule has 0 heterocycles. The maximum atomic E-state index is 2.31. The summed E-state index contributed by atoms with van der Waals surface area (Å²) in [5.74, 6) is 0. The van der Waals surface area contributed by atoms with Crippen LogP contribution in [0.4, 0.5) is 0 Å². The topological polar surface area (TPSA) is 0 Å². The quantitative estimate of drug-likeness (QED) is 0.0525. The number of rotatable bonds is 35. The van der Waals surface area contributed by atoms with Crippen molar-refractivity contribution < 1.29 is 0 Å². The van der Waals surface area contributed by atoms with Gasteiger partial charge in [0, 0.05) is 0 Å². The molecule has 0 saturated carbocycles. The van der Waals surface area contributed by atoms with Crippen molar-refractivity contribution in [2.45, 2.75) is 206 Å². The predicted octanol–water partition coefficient (Wildman–Crippen LogP) is 14.1. The molecule has 0 aromatic heterocycles. The van der Waals surface area contributed by atoms with Crippen molar-refractivity contribution in [3.8, 4) is 0 Å². The van der Waals surface area contributed by atoms with E-state index in [1.807, 2.05) is 0 Å². The van der Waals surface area contributed by atoms with Crippen LogP contribution in [0.15, 0.2) is 0 Å². The van der Waals surface area contributed by atoms with Crippen LogP contribution in [-0.2, 0) is 0 Å². The van der Waals surface area contributed by atoms with Crippen LogP contribution < -0.4 is 0 Å². The lowest BCUT2D eigenvalue weighted by Crippen LogP contribution is -1.87. The lowest BCUT2D eigenvalue weighted by atomic mass is 10.0. The van der Waals surface area contributed by atoms with E-state index in [1.54, 1.807) is 0 Å². The second-order valence-electron chi connectivity index (χ2n) is 12.4. The monoisotopic (exact) mass is 571 g/mol. The number of unbranched alkanes of at least 4 members (excludes halogenated alkanes) is 27. The first-order valence-corrected chi connectivity index (χ1v) is 21.2. The van der Waals surface area contributed by atoms with Gasteiger partial charge >= 0.3 is 0 Å². The summed E-state index contributed by atoms with van der Waals surface area (Å²) in [5.41, 5.74) is 0. The molecule has 0 bridgehead atoms. The largest absolute Gasteiger partial charge is 0.122 e. The average Bonchev–Trinajstić information content (AvgIpc) is 2.93. The molecule has 0 aliphatic carbocycles. The molecule has 0 spiro atoms. The molecule has 0 aliphatic rings. The lowest BCUT2D eigenvalue weighted by Gasteiger charge is -2.05. The molecule has 0 rings (SSSR count). The van der Waals surface area contributed by atoms with Crippen molar-refractivity contribution >= 4 is 17.2 Å². The van der Waals surface area contributed by atoms with Gasteiger partial charge in [0.1, 0.15) is 0 Å². The summed E-state index contributed by atoms with van der Waals surface area (Å²) >= 11 is 0. The number of hydrogen-bond donors (Lipinski definition) is 0. The maximum Gasteiger partial charge on any atom is -0.0353 e. The Morgan fingerprint density at radius 3 is 0.579 bits per heavy atom. The van der Waals surface area contributed by atoms with E-state index in [0.717, 1.165) is 0 Å². The third kappa shape index (κ3) is 36.9. The fourth-order valence-corrected chi connectivity index (χ4v) is 8.14. The first kappa shape index (κ1) is 38.9. The van der Waals surface area contributed by atoms with Gasteiger partial charge in [0.25, 0.3) is 0 Å². The van der Waals surface area contributed by atoms with Crippen LogP contribution in [0.3, 0.4) is 0 Å². The van der Waals surface area contributed by atoms with Crippen molar-refractivity contribution in [1.29, 1.82) is 0 Å². The second kappa shape index (κ2) is 37.9. The summed E-state index contributed by atoms with van der Waals surface area (Å²) in [4.78, 5) is 0. The van der Waals surface area contributed by atoms with Crippen LogP contribution >= 0.6 is 17.2 Å². The Kier molecular flexibility index (Phi) is 38.7. The number of hydrogen-bond acceptors (Lipinski definition) is 0. The standard InChI is InChI=1S/C36H76P2/c1-3-5-7-9-11-13-15-17-19-21-23-25-27-29-33-37-35-31-32-36-38-34-30-28-26-24-22-20-18-16-14-12-10-8-6-4-2/h37-38H,3-36H2,1-2H3. The van der Waals surface area contributed by atoms with Crippen molar-refractivity contribution in [2.24, 2.45) is 0 Å². The van der Waals surface area contributed by atoms with E-state index >= 15 is 0 Å². The summed E-state index contributed by atoms with van der Waals surface area (Å²) in [6, 6.07) is 0. The third-order valence-electron chi connectivity index (χ3n) is 8.37. The highest BCUT2D eigenvalue weighted by Crippen LogP contribution is 2.21. The Morgan fingerprint density at radius 1 is 0.211 bits per heavy atom. The van der Waals surface area contributed by atoms with Gasteiger partial charge in [-0.3, -0.25) is 0 Å². The zero-order valence-electron chi connectivity index (χ0n) is 27.0. The van der Waals surface area contributed by atoms with Gasteiger partial charge in [-0.15, -0.1) is 17.2 Å². The molecule has 0 aromatic carbocycles. The smallest absolute Gasteiger partial charge is 0.0353 e. The first-order chi connectivity index (χ1) is 18.9. The van der Waals surface area contributed by atoms with Gasteiger partial charge in [-0.1, -0.05) is 181 Å². The van der Waals surface area contributed by atoms with Crippen LogP contribution in [0.5, 0.6) is 0 Å². The predicted molar refractivity (Wildman–Crippen MR) is 186 cm³/mol. The van der Waals surface area contributed by atoms with E-state index in [9.17, 15) is 0 Å². The lowest BCUT2D eigenvalue weighted by molar-refractivity contribution is 0.538. The van der Waals surface area contributed by atoms with Gasteiger partial charge in [-0.25, -0.2) is 0 Å². The van der Waals surface area contributed by atoms with Crippen LogP contribution in [0.25, 0.3) is 0 Å². The van der Waals surface area contributed by atoms with E-state index in [4.69, 9.17) is 0 Å². The van der Waals surface area contributed by atoms with E-state index in [0.29, 0.717) is 0 Å². The molecule has 2 heteroatoms. The summed E-state index contributed by atoms with van der Waals surface area (Å²) in [7, 11) is 2.51. The summed E-state index contributed by atoms with van der Waals surface area (Å²) < 4.78 is 0. The van der Waals surface area contributed by atoms with Gasteiger partial charge in [0.2, 0.25) is 0 Å². The van der Waals surface area contributed by atoms with Crippen molar-refractivity contribution in [3.05, 3.63) is 0 Å². The SMILES string of the molecule is CCCCCCCCCCCCCCCCPCCCCPCCCCCCCCCCCCCCCC. The molecule has 2 atom stereocenters.